The van der Waals surface area contributed by atoms with E-state index in [1.807, 2.05) is 0 Å². The maximum Gasteiger partial charge on any atom is 0.303 e. The molecule has 26 heavy (non-hydrogen) atoms. The molecule has 0 radical (unpaired) electrons. The van der Waals surface area contributed by atoms with Gasteiger partial charge in [-0.3, -0.25) is 19.2 Å². The Hall–Kier alpha value is -2.85. The first kappa shape index (κ1) is 21.2. The van der Waals surface area contributed by atoms with E-state index in [1.54, 1.807) is 0 Å². The highest BCUT2D eigenvalue weighted by molar-refractivity contribution is 5.68. The van der Waals surface area contributed by atoms with Crippen molar-refractivity contribution < 1.29 is 42.9 Å². The number of ether oxygens (including phenoxy) is 5. The van der Waals surface area contributed by atoms with E-state index in [4.69, 9.17) is 29.2 Å². The van der Waals surface area contributed by atoms with Crippen LogP contribution in [0.5, 0.6) is 0 Å². The van der Waals surface area contributed by atoms with E-state index >= 15 is 0 Å². The lowest BCUT2D eigenvalue weighted by Gasteiger charge is -2.43. The summed E-state index contributed by atoms with van der Waals surface area (Å²) in [4.78, 5) is 48.0. The number of carbonyl (C=O) groups excluding carboxylic acids is 4. The van der Waals surface area contributed by atoms with Gasteiger partial charge in [-0.05, 0) is 5.53 Å². The van der Waals surface area contributed by atoms with Gasteiger partial charge in [0.15, 0.2) is 24.5 Å². The second-order valence-corrected chi connectivity index (χ2v) is 5.29. The molecule has 0 saturated carbocycles. The predicted molar refractivity (Wildman–Crippen MR) is 81.1 cm³/mol. The second kappa shape index (κ2) is 9.59. The van der Waals surface area contributed by atoms with Crippen molar-refractivity contribution in [3.8, 4) is 0 Å². The zero-order valence-corrected chi connectivity index (χ0v) is 14.6. The molecular weight excluding hydrogens is 354 g/mol. The van der Waals surface area contributed by atoms with Crippen LogP contribution >= 0.6 is 0 Å². The highest BCUT2D eigenvalue weighted by Gasteiger charge is 2.51. The predicted octanol–water partition coefficient (Wildman–Crippen LogP) is 0.380. The third-order valence-electron chi connectivity index (χ3n) is 3.13. The summed E-state index contributed by atoms with van der Waals surface area (Å²) in [5.41, 5.74) is 8.71. The Morgan fingerprint density at radius 1 is 0.885 bits per heavy atom. The molecule has 1 aliphatic rings. The molecule has 1 saturated heterocycles. The van der Waals surface area contributed by atoms with Crippen LogP contribution < -0.4 is 0 Å². The van der Waals surface area contributed by atoms with Gasteiger partial charge in [-0.2, -0.15) is 0 Å². The van der Waals surface area contributed by atoms with E-state index in [0.29, 0.717) is 0 Å². The Labute approximate surface area is 148 Å². The average molecular weight is 373 g/mol. The molecule has 1 aliphatic heterocycles. The lowest BCUT2D eigenvalue weighted by molar-refractivity contribution is -0.251. The number of esters is 4. The van der Waals surface area contributed by atoms with Crippen LogP contribution in [0.25, 0.3) is 10.4 Å². The van der Waals surface area contributed by atoms with Gasteiger partial charge in [0, 0.05) is 32.6 Å². The highest BCUT2D eigenvalue weighted by atomic mass is 16.7. The van der Waals surface area contributed by atoms with Crippen LogP contribution in [0.4, 0.5) is 0 Å². The van der Waals surface area contributed by atoms with Crippen LogP contribution in [0.2, 0.25) is 0 Å². The lowest BCUT2D eigenvalue weighted by atomic mass is 9.97. The van der Waals surface area contributed by atoms with Gasteiger partial charge in [-0.15, -0.1) is 0 Å². The summed E-state index contributed by atoms with van der Waals surface area (Å²) < 4.78 is 25.6. The summed E-state index contributed by atoms with van der Waals surface area (Å²) in [6.07, 6.45) is -6.52. The van der Waals surface area contributed by atoms with Crippen molar-refractivity contribution in [1.29, 1.82) is 0 Å². The fourth-order valence-corrected chi connectivity index (χ4v) is 2.35. The van der Waals surface area contributed by atoms with Crippen LogP contribution in [0.3, 0.4) is 0 Å². The van der Waals surface area contributed by atoms with E-state index in [0.717, 1.165) is 27.7 Å². The summed E-state index contributed by atoms with van der Waals surface area (Å²) in [7, 11) is 0. The molecule has 12 nitrogen and oxygen atoms in total. The number of hydrogen-bond acceptors (Lipinski definition) is 10. The van der Waals surface area contributed by atoms with Crippen molar-refractivity contribution in [2.75, 3.05) is 6.61 Å². The van der Waals surface area contributed by atoms with Gasteiger partial charge in [-0.1, -0.05) is 5.11 Å². The zero-order valence-electron chi connectivity index (χ0n) is 14.6. The topological polar surface area (TPSA) is 163 Å². The largest absolute Gasteiger partial charge is 0.463 e. The van der Waals surface area contributed by atoms with Gasteiger partial charge in [-0.25, -0.2) is 0 Å². The minimum absolute atomic E-state index is 0.380. The molecule has 0 spiro atoms. The summed E-state index contributed by atoms with van der Waals surface area (Å²) >= 11 is 0. The van der Waals surface area contributed by atoms with Crippen LogP contribution in [-0.2, 0) is 42.9 Å². The van der Waals surface area contributed by atoms with Gasteiger partial charge < -0.3 is 23.7 Å². The molecule has 5 atom stereocenters. The second-order valence-electron chi connectivity index (χ2n) is 5.29. The maximum absolute atomic E-state index is 11.5. The Morgan fingerprint density at radius 3 is 1.85 bits per heavy atom. The number of azide groups is 1. The van der Waals surface area contributed by atoms with Crippen molar-refractivity contribution >= 4 is 23.9 Å². The molecule has 1 fully saturated rings. The Morgan fingerprint density at radius 2 is 1.38 bits per heavy atom. The smallest absolute Gasteiger partial charge is 0.303 e. The molecule has 0 aromatic carbocycles. The molecule has 144 valence electrons. The Bertz CT molecular complexity index is 617. The van der Waals surface area contributed by atoms with Gasteiger partial charge in [0.2, 0.25) is 0 Å². The van der Waals surface area contributed by atoms with E-state index in [1.165, 1.54) is 0 Å². The fourth-order valence-electron chi connectivity index (χ4n) is 2.35. The fraction of sp³-hybridized carbons (Fsp3) is 0.714. The molecule has 0 amide bonds. The van der Waals surface area contributed by atoms with Gasteiger partial charge >= 0.3 is 23.9 Å². The molecule has 0 aromatic rings. The SMILES string of the molecule is CC(=O)OCC1O[C@@H](N=[N+]=[N-])C(OC(C)=O)C(OC(C)=O)[C@@H]1OC(C)=O. The van der Waals surface area contributed by atoms with Crippen molar-refractivity contribution in [2.24, 2.45) is 5.11 Å². The molecule has 1 rings (SSSR count). The van der Waals surface area contributed by atoms with Crippen LogP contribution in [0.1, 0.15) is 27.7 Å². The molecule has 12 heteroatoms. The minimum atomic E-state index is -1.40. The maximum atomic E-state index is 11.5. The molecule has 1 heterocycles. The molecule has 0 bridgehead atoms. The van der Waals surface area contributed by atoms with Gasteiger partial charge in [0.1, 0.15) is 12.7 Å². The van der Waals surface area contributed by atoms with Crippen LogP contribution in [0, 0.1) is 0 Å². The summed E-state index contributed by atoms with van der Waals surface area (Å²) in [6, 6.07) is 0. The first-order valence-electron chi connectivity index (χ1n) is 7.50. The standard InChI is InChI=1S/C14H19N3O9/c1-6(18)22-5-10-11(23-7(2)19)12(24-8(3)20)13(25-9(4)21)14(26-10)16-17-15/h10-14H,5H2,1-4H3/t10?,11-,12?,13?,14-/m1/s1. The van der Waals surface area contributed by atoms with Crippen molar-refractivity contribution in [2.45, 2.75) is 58.3 Å². The molecule has 3 unspecified atom stereocenters. The number of rotatable bonds is 6. The third kappa shape index (κ3) is 6.22. The number of hydrogen-bond donors (Lipinski definition) is 0. The molecular formula is C14H19N3O9. The van der Waals surface area contributed by atoms with Crippen LogP contribution in [-0.4, -0.2) is 61.1 Å². The van der Waals surface area contributed by atoms with Crippen LogP contribution in [0.15, 0.2) is 5.11 Å². The summed E-state index contributed by atoms with van der Waals surface area (Å²) in [5.74, 6) is -2.92. The Balaban J connectivity index is 3.28. The normalized spacial score (nSPS) is 27.5. The zero-order chi connectivity index (χ0) is 19.9. The lowest BCUT2D eigenvalue weighted by Crippen LogP contribution is -2.61. The van der Waals surface area contributed by atoms with Crippen molar-refractivity contribution in [3.63, 3.8) is 0 Å². The van der Waals surface area contributed by atoms with Gasteiger partial charge in [0.05, 0.1) is 0 Å². The van der Waals surface area contributed by atoms with E-state index in [2.05, 4.69) is 10.0 Å². The average Bonchev–Trinajstić information content (AvgIpc) is 2.50. The first-order chi connectivity index (χ1) is 12.1. The van der Waals surface area contributed by atoms with E-state index in [-0.39, 0.29) is 6.61 Å². The molecule has 0 N–H and O–H groups in total. The first-order valence-corrected chi connectivity index (χ1v) is 7.50. The van der Waals surface area contributed by atoms with Crippen molar-refractivity contribution in [1.82, 2.24) is 0 Å². The summed E-state index contributed by atoms with van der Waals surface area (Å²) in [6.45, 7) is 4.06. The minimum Gasteiger partial charge on any atom is -0.463 e. The third-order valence-corrected chi connectivity index (χ3v) is 3.13. The quantitative estimate of drug-likeness (QED) is 0.210. The highest BCUT2D eigenvalue weighted by Crippen LogP contribution is 2.29. The van der Waals surface area contributed by atoms with Crippen molar-refractivity contribution in [3.05, 3.63) is 10.4 Å². The molecule has 0 aromatic heterocycles. The van der Waals surface area contributed by atoms with E-state index < -0.39 is 54.5 Å². The van der Waals surface area contributed by atoms with E-state index in [9.17, 15) is 19.2 Å². The van der Waals surface area contributed by atoms with Gasteiger partial charge in [0.25, 0.3) is 0 Å². The monoisotopic (exact) mass is 373 g/mol. The summed E-state index contributed by atoms with van der Waals surface area (Å²) in [5, 5.41) is 3.38. The number of carbonyl (C=O) groups is 4. The molecule has 0 aliphatic carbocycles. The Kier molecular flexibility index (Phi) is 7.81. The number of nitrogens with zero attached hydrogens (tertiary/aromatic N) is 3.